The van der Waals surface area contributed by atoms with Crippen LogP contribution in [-0.2, 0) is 6.18 Å². The number of nitrogens with zero attached hydrogens (tertiary/aromatic N) is 2. The molecule has 6 heteroatoms. The van der Waals surface area contributed by atoms with Gasteiger partial charge in [-0.1, -0.05) is 60.7 Å². The van der Waals surface area contributed by atoms with Crippen LogP contribution in [0.2, 0.25) is 0 Å². The molecule has 0 aliphatic carbocycles. The van der Waals surface area contributed by atoms with Crippen LogP contribution in [0.5, 0.6) is 0 Å². The first-order valence-corrected chi connectivity index (χ1v) is 8.86. The SMILES string of the molecule is O=C(c1ccc(C(F)(F)F)cc1)c1cn(-c2ccccc2)nc1-c1ccccc1. The Labute approximate surface area is 165 Å². The molecule has 4 rings (SSSR count). The average molecular weight is 392 g/mol. The third-order valence-corrected chi connectivity index (χ3v) is 4.50. The first kappa shape index (κ1) is 18.7. The van der Waals surface area contributed by atoms with Gasteiger partial charge in [0, 0.05) is 17.3 Å². The number of halogens is 3. The molecule has 0 bridgehead atoms. The second kappa shape index (κ2) is 7.39. The molecule has 0 amide bonds. The Hall–Kier alpha value is -3.67. The zero-order chi connectivity index (χ0) is 20.4. The summed E-state index contributed by atoms with van der Waals surface area (Å²) in [7, 11) is 0. The smallest absolute Gasteiger partial charge is 0.288 e. The van der Waals surface area contributed by atoms with E-state index in [1.807, 2.05) is 60.7 Å². The fraction of sp³-hybridized carbons (Fsp3) is 0.0435. The van der Waals surface area contributed by atoms with Gasteiger partial charge in [0.25, 0.3) is 0 Å². The Bertz CT molecular complexity index is 1130. The molecule has 0 saturated heterocycles. The largest absolute Gasteiger partial charge is 0.416 e. The maximum atomic E-state index is 13.1. The van der Waals surface area contributed by atoms with Gasteiger partial charge >= 0.3 is 6.18 Å². The number of hydrogen-bond acceptors (Lipinski definition) is 2. The number of benzene rings is 3. The molecule has 0 unspecified atom stereocenters. The van der Waals surface area contributed by atoms with Crippen molar-refractivity contribution in [2.75, 3.05) is 0 Å². The quantitative estimate of drug-likeness (QED) is 0.412. The Morgan fingerprint density at radius 2 is 1.38 bits per heavy atom. The standard InChI is InChI=1S/C23H15F3N2O/c24-23(25,26)18-13-11-17(12-14-18)22(29)20-15-28(19-9-5-2-6-10-19)27-21(20)16-7-3-1-4-8-16/h1-15H. The molecule has 144 valence electrons. The van der Waals surface area contributed by atoms with Crippen molar-refractivity contribution in [1.82, 2.24) is 9.78 Å². The number of para-hydroxylation sites is 1. The highest BCUT2D eigenvalue weighted by Gasteiger charge is 2.30. The Morgan fingerprint density at radius 3 is 1.97 bits per heavy atom. The lowest BCUT2D eigenvalue weighted by atomic mass is 9.99. The summed E-state index contributed by atoms with van der Waals surface area (Å²) < 4.78 is 40.1. The fourth-order valence-corrected chi connectivity index (χ4v) is 3.03. The average Bonchev–Trinajstić information content (AvgIpc) is 3.19. The Balaban J connectivity index is 1.79. The van der Waals surface area contributed by atoms with Crippen LogP contribution < -0.4 is 0 Å². The van der Waals surface area contributed by atoms with Crippen molar-refractivity contribution in [3.8, 4) is 16.9 Å². The van der Waals surface area contributed by atoms with Gasteiger partial charge in [0.05, 0.1) is 16.8 Å². The first-order chi connectivity index (χ1) is 13.9. The van der Waals surface area contributed by atoms with Crippen LogP contribution in [0.1, 0.15) is 21.5 Å². The molecule has 0 N–H and O–H groups in total. The van der Waals surface area contributed by atoms with Gasteiger partial charge < -0.3 is 0 Å². The second-order valence-corrected chi connectivity index (χ2v) is 6.44. The highest BCUT2D eigenvalue weighted by molar-refractivity contribution is 6.12. The summed E-state index contributed by atoms with van der Waals surface area (Å²) >= 11 is 0. The summed E-state index contributed by atoms with van der Waals surface area (Å²) in [6.07, 6.45) is -2.84. The van der Waals surface area contributed by atoms with Crippen LogP contribution in [0, 0.1) is 0 Å². The minimum atomic E-state index is -4.45. The molecule has 0 spiro atoms. The maximum Gasteiger partial charge on any atom is 0.416 e. The zero-order valence-corrected chi connectivity index (χ0v) is 15.1. The molecule has 4 aromatic rings. The van der Waals surface area contributed by atoms with Crippen molar-refractivity contribution < 1.29 is 18.0 Å². The lowest BCUT2D eigenvalue weighted by Gasteiger charge is -2.07. The van der Waals surface area contributed by atoms with Gasteiger partial charge in [0.15, 0.2) is 5.78 Å². The molecule has 29 heavy (non-hydrogen) atoms. The van der Waals surface area contributed by atoms with E-state index in [1.165, 1.54) is 12.1 Å². The molecule has 3 aromatic carbocycles. The molecular formula is C23H15F3N2O. The van der Waals surface area contributed by atoms with E-state index >= 15 is 0 Å². The molecule has 0 fully saturated rings. The number of rotatable bonds is 4. The van der Waals surface area contributed by atoms with E-state index in [0.717, 1.165) is 23.4 Å². The number of aromatic nitrogens is 2. The number of alkyl halides is 3. The Morgan fingerprint density at radius 1 is 0.793 bits per heavy atom. The van der Waals surface area contributed by atoms with Gasteiger partial charge in [-0.05, 0) is 24.3 Å². The fourth-order valence-electron chi connectivity index (χ4n) is 3.03. The molecule has 3 nitrogen and oxygen atoms in total. The maximum absolute atomic E-state index is 13.1. The van der Waals surface area contributed by atoms with Crippen LogP contribution in [0.15, 0.2) is 91.1 Å². The topological polar surface area (TPSA) is 34.9 Å². The van der Waals surface area contributed by atoms with Crippen LogP contribution in [0.4, 0.5) is 13.2 Å². The molecule has 0 aliphatic heterocycles. The van der Waals surface area contributed by atoms with E-state index < -0.39 is 11.7 Å². The highest BCUT2D eigenvalue weighted by atomic mass is 19.4. The van der Waals surface area contributed by atoms with E-state index in [-0.39, 0.29) is 11.3 Å². The van der Waals surface area contributed by atoms with Crippen molar-refractivity contribution >= 4 is 5.78 Å². The third-order valence-electron chi connectivity index (χ3n) is 4.50. The van der Waals surface area contributed by atoms with Crippen LogP contribution in [-0.4, -0.2) is 15.6 Å². The van der Waals surface area contributed by atoms with E-state index in [2.05, 4.69) is 5.10 Å². The highest BCUT2D eigenvalue weighted by Crippen LogP contribution is 2.30. The van der Waals surface area contributed by atoms with Gasteiger partial charge in [-0.3, -0.25) is 4.79 Å². The molecule has 1 heterocycles. The summed E-state index contributed by atoms with van der Waals surface area (Å²) in [5.41, 5.74) is 1.69. The summed E-state index contributed by atoms with van der Waals surface area (Å²) in [5, 5.41) is 4.57. The van der Waals surface area contributed by atoms with Crippen molar-refractivity contribution in [3.05, 3.63) is 108 Å². The Kier molecular flexibility index (Phi) is 4.76. The molecular weight excluding hydrogens is 377 g/mol. The molecule has 1 aromatic heterocycles. The van der Waals surface area contributed by atoms with Crippen LogP contribution >= 0.6 is 0 Å². The predicted octanol–water partition coefficient (Wildman–Crippen LogP) is 5.79. The summed E-state index contributed by atoms with van der Waals surface area (Å²) in [6.45, 7) is 0. The summed E-state index contributed by atoms with van der Waals surface area (Å²) in [5.74, 6) is -0.389. The summed E-state index contributed by atoms with van der Waals surface area (Å²) in [6, 6.07) is 22.7. The lowest BCUT2D eigenvalue weighted by molar-refractivity contribution is -0.137. The van der Waals surface area contributed by atoms with E-state index in [9.17, 15) is 18.0 Å². The summed E-state index contributed by atoms with van der Waals surface area (Å²) in [4.78, 5) is 13.1. The minimum Gasteiger partial charge on any atom is -0.288 e. The van der Waals surface area contributed by atoms with Crippen molar-refractivity contribution in [3.63, 3.8) is 0 Å². The lowest BCUT2D eigenvalue weighted by Crippen LogP contribution is -2.07. The minimum absolute atomic E-state index is 0.169. The zero-order valence-electron chi connectivity index (χ0n) is 15.1. The van der Waals surface area contributed by atoms with Crippen molar-refractivity contribution in [2.24, 2.45) is 0 Å². The van der Waals surface area contributed by atoms with Crippen LogP contribution in [0.3, 0.4) is 0 Å². The monoisotopic (exact) mass is 392 g/mol. The van der Waals surface area contributed by atoms with Gasteiger partial charge in [0.1, 0.15) is 5.69 Å². The molecule has 0 atom stereocenters. The van der Waals surface area contributed by atoms with E-state index in [0.29, 0.717) is 11.3 Å². The number of ketones is 1. The third kappa shape index (κ3) is 3.82. The van der Waals surface area contributed by atoms with Gasteiger partial charge in [-0.2, -0.15) is 18.3 Å². The van der Waals surface area contributed by atoms with Crippen molar-refractivity contribution in [1.29, 1.82) is 0 Å². The molecule has 0 aliphatic rings. The van der Waals surface area contributed by atoms with E-state index in [4.69, 9.17) is 0 Å². The number of carbonyl (C=O) groups excluding carboxylic acids is 1. The van der Waals surface area contributed by atoms with Gasteiger partial charge in [-0.25, -0.2) is 4.68 Å². The molecule has 0 radical (unpaired) electrons. The number of carbonyl (C=O) groups is 1. The van der Waals surface area contributed by atoms with E-state index in [1.54, 1.807) is 10.9 Å². The van der Waals surface area contributed by atoms with Gasteiger partial charge in [0.2, 0.25) is 0 Å². The molecule has 0 saturated carbocycles. The predicted molar refractivity (Wildman–Crippen MR) is 104 cm³/mol. The second-order valence-electron chi connectivity index (χ2n) is 6.44. The number of hydrogen-bond donors (Lipinski definition) is 0. The van der Waals surface area contributed by atoms with Crippen LogP contribution in [0.25, 0.3) is 16.9 Å². The normalized spacial score (nSPS) is 11.4. The van der Waals surface area contributed by atoms with Gasteiger partial charge in [-0.15, -0.1) is 0 Å². The first-order valence-electron chi connectivity index (χ1n) is 8.86. The van der Waals surface area contributed by atoms with Crippen molar-refractivity contribution in [2.45, 2.75) is 6.18 Å².